The molecule has 0 spiro atoms. The van der Waals surface area contributed by atoms with Crippen LogP contribution < -0.4 is 10.6 Å². The van der Waals surface area contributed by atoms with E-state index in [1.807, 2.05) is 0 Å². The molecule has 3 aromatic carbocycles. The van der Waals surface area contributed by atoms with Crippen molar-refractivity contribution in [1.29, 1.82) is 0 Å². The number of amidine groups is 2. The summed E-state index contributed by atoms with van der Waals surface area (Å²) < 4.78 is 0. The Labute approximate surface area is 193 Å². The first kappa shape index (κ1) is 23.8. The molecular weight excluding hydrogens is 392 g/mol. The molecule has 2 N–H and O–H groups in total. The average molecular weight is 431 g/mol. The summed E-state index contributed by atoms with van der Waals surface area (Å²) in [5.41, 5.74) is 2.27. The van der Waals surface area contributed by atoms with E-state index in [2.05, 4.69) is 115 Å². The molecule has 0 fully saturated rings. The average Bonchev–Trinajstić information content (AvgIpc) is 2.70. The summed E-state index contributed by atoms with van der Waals surface area (Å²) in [6.07, 6.45) is 0. The predicted molar refractivity (Wildman–Crippen MR) is 141 cm³/mol. The zero-order chi connectivity index (χ0) is 23.4. The topological polar surface area (TPSA) is 48.8 Å². The fourth-order valence-electron chi connectivity index (χ4n) is 3.98. The number of nitrogens with one attached hydrogen (secondary N) is 2. The molecule has 0 saturated carbocycles. The maximum Gasteiger partial charge on any atom is 0.129 e. The Morgan fingerprint density at radius 3 is 1.25 bits per heavy atom. The van der Waals surface area contributed by atoms with Gasteiger partial charge in [-0.15, -0.1) is 0 Å². The van der Waals surface area contributed by atoms with Gasteiger partial charge >= 0.3 is 0 Å². The minimum Gasteiger partial charge on any atom is -0.368 e. The molecule has 0 heterocycles. The molecule has 3 aromatic rings. The highest BCUT2D eigenvalue weighted by Gasteiger charge is 2.17. The molecule has 0 radical (unpaired) electrons. The summed E-state index contributed by atoms with van der Waals surface area (Å²) in [7, 11) is 0. The van der Waals surface area contributed by atoms with E-state index in [9.17, 15) is 0 Å². The Bertz CT molecular complexity index is 1050. The summed E-state index contributed by atoms with van der Waals surface area (Å²) in [6, 6.07) is 18.4. The molecule has 0 aliphatic heterocycles. The number of rotatable bonds is 6. The first-order valence-corrected chi connectivity index (χ1v) is 11.8. The van der Waals surface area contributed by atoms with Crippen molar-refractivity contribution < 1.29 is 0 Å². The summed E-state index contributed by atoms with van der Waals surface area (Å²) in [4.78, 5) is 9.95. The Balaban J connectivity index is 2.43. The van der Waals surface area contributed by atoms with Gasteiger partial charge in [-0.25, -0.2) is 0 Å². The fourth-order valence-corrected chi connectivity index (χ4v) is 3.98. The molecule has 0 aliphatic rings. The van der Waals surface area contributed by atoms with Gasteiger partial charge in [0.05, 0.1) is 0 Å². The van der Waals surface area contributed by atoms with Gasteiger partial charge in [0, 0.05) is 46.1 Å². The molecule has 0 aromatic heterocycles. The molecule has 4 heteroatoms. The van der Waals surface area contributed by atoms with Gasteiger partial charge < -0.3 is 10.6 Å². The number of hydrogen-bond acceptors (Lipinski definition) is 2. The highest BCUT2D eigenvalue weighted by Crippen LogP contribution is 2.32. The molecule has 0 atom stereocenters. The van der Waals surface area contributed by atoms with Crippen LogP contribution in [0, 0.1) is 0 Å². The van der Waals surface area contributed by atoms with Gasteiger partial charge in [-0.1, -0.05) is 48.5 Å². The third-order valence-electron chi connectivity index (χ3n) is 5.02. The summed E-state index contributed by atoms with van der Waals surface area (Å²) in [6.45, 7) is 17.1. The number of nitrogens with zero attached hydrogens (tertiary/aromatic N) is 2. The van der Waals surface area contributed by atoms with Gasteiger partial charge in [-0.05, 0) is 66.2 Å². The van der Waals surface area contributed by atoms with Crippen molar-refractivity contribution >= 4 is 33.2 Å². The van der Waals surface area contributed by atoms with Gasteiger partial charge in [-0.3, -0.25) is 9.98 Å². The maximum atomic E-state index is 4.98. The van der Waals surface area contributed by atoms with Crippen LogP contribution in [0.1, 0.15) is 66.5 Å². The van der Waals surface area contributed by atoms with Gasteiger partial charge in [-0.2, -0.15) is 0 Å². The number of hydrogen-bond donors (Lipinski definition) is 2. The normalized spacial score (nSPS) is 13.2. The second-order valence-electron chi connectivity index (χ2n) is 9.61. The standard InChI is InChI=1S/C28H38N4/c1-17(2)29-27(30-18(3)4)23-13-9-11-21-15-16-22-12-10-14-24(26(22)25(21)23)28(31-19(5)6)32-20(7)8/h9-20H,1-8H3,(H,29,30)(H,31,32). The zero-order valence-electron chi connectivity index (χ0n) is 20.8. The van der Waals surface area contributed by atoms with E-state index in [0.29, 0.717) is 0 Å². The second-order valence-corrected chi connectivity index (χ2v) is 9.61. The van der Waals surface area contributed by atoms with Crippen LogP contribution in [-0.4, -0.2) is 35.8 Å². The van der Waals surface area contributed by atoms with Crippen molar-refractivity contribution in [1.82, 2.24) is 10.6 Å². The van der Waals surface area contributed by atoms with Gasteiger partial charge in [0.2, 0.25) is 0 Å². The molecule has 0 saturated heterocycles. The molecule has 0 aliphatic carbocycles. The lowest BCUT2D eigenvalue weighted by Crippen LogP contribution is -2.33. The molecule has 32 heavy (non-hydrogen) atoms. The van der Waals surface area contributed by atoms with E-state index in [4.69, 9.17) is 9.98 Å². The van der Waals surface area contributed by atoms with Crippen LogP contribution >= 0.6 is 0 Å². The lowest BCUT2D eigenvalue weighted by atomic mass is 9.93. The van der Waals surface area contributed by atoms with Crippen LogP contribution in [-0.2, 0) is 0 Å². The highest BCUT2D eigenvalue weighted by molar-refractivity contribution is 6.24. The predicted octanol–water partition coefficient (Wildman–Crippen LogP) is 6.30. The van der Waals surface area contributed by atoms with Crippen molar-refractivity contribution in [3.05, 3.63) is 59.7 Å². The molecule has 0 amide bonds. The van der Waals surface area contributed by atoms with E-state index in [-0.39, 0.29) is 24.2 Å². The van der Waals surface area contributed by atoms with Crippen molar-refractivity contribution in [3.8, 4) is 0 Å². The van der Waals surface area contributed by atoms with Crippen molar-refractivity contribution in [2.45, 2.75) is 79.6 Å². The van der Waals surface area contributed by atoms with E-state index >= 15 is 0 Å². The number of fused-ring (bicyclic) bond motifs is 3. The number of aliphatic imine (C=N–C) groups is 2. The van der Waals surface area contributed by atoms with E-state index in [1.165, 1.54) is 21.5 Å². The highest BCUT2D eigenvalue weighted by atomic mass is 15.0. The first-order chi connectivity index (χ1) is 15.2. The quantitative estimate of drug-likeness (QED) is 0.274. The SMILES string of the molecule is CC(C)N=C(NC(C)C)c1cccc2ccc3cccc(C(=NC(C)C)NC(C)C)c3c12. The lowest BCUT2D eigenvalue weighted by Gasteiger charge is -2.20. The third-order valence-corrected chi connectivity index (χ3v) is 5.02. The van der Waals surface area contributed by atoms with Crippen LogP contribution in [0.4, 0.5) is 0 Å². The Morgan fingerprint density at radius 1 is 0.562 bits per heavy atom. The van der Waals surface area contributed by atoms with Gasteiger partial charge in [0.25, 0.3) is 0 Å². The van der Waals surface area contributed by atoms with Crippen molar-refractivity contribution in [2.24, 2.45) is 9.98 Å². The summed E-state index contributed by atoms with van der Waals surface area (Å²) >= 11 is 0. The van der Waals surface area contributed by atoms with E-state index in [0.717, 1.165) is 22.8 Å². The Morgan fingerprint density at radius 2 is 0.938 bits per heavy atom. The maximum absolute atomic E-state index is 4.98. The largest absolute Gasteiger partial charge is 0.368 e. The minimum atomic E-state index is 0.196. The molecular formula is C28H38N4. The zero-order valence-corrected chi connectivity index (χ0v) is 20.8. The van der Waals surface area contributed by atoms with Crippen LogP contribution in [0.3, 0.4) is 0 Å². The Kier molecular flexibility index (Phi) is 7.55. The van der Waals surface area contributed by atoms with E-state index < -0.39 is 0 Å². The van der Waals surface area contributed by atoms with Crippen LogP contribution in [0.5, 0.6) is 0 Å². The fraction of sp³-hybridized carbons (Fsp3) is 0.429. The van der Waals surface area contributed by atoms with Crippen LogP contribution in [0.15, 0.2) is 58.5 Å². The van der Waals surface area contributed by atoms with Crippen LogP contribution in [0.25, 0.3) is 21.5 Å². The van der Waals surface area contributed by atoms with Crippen LogP contribution in [0.2, 0.25) is 0 Å². The molecule has 170 valence electrons. The summed E-state index contributed by atoms with van der Waals surface area (Å²) in [5, 5.41) is 12.1. The van der Waals surface area contributed by atoms with Crippen molar-refractivity contribution in [3.63, 3.8) is 0 Å². The van der Waals surface area contributed by atoms with E-state index in [1.54, 1.807) is 0 Å². The Hall–Kier alpha value is -2.88. The lowest BCUT2D eigenvalue weighted by molar-refractivity contribution is 0.719. The smallest absolute Gasteiger partial charge is 0.129 e. The molecule has 0 unspecified atom stereocenters. The van der Waals surface area contributed by atoms with Crippen molar-refractivity contribution in [2.75, 3.05) is 0 Å². The summed E-state index contributed by atoms with van der Waals surface area (Å²) in [5.74, 6) is 1.89. The van der Waals surface area contributed by atoms with Gasteiger partial charge in [0.1, 0.15) is 11.7 Å². The molecule has 0 bridgehead atoms. The number of benzene rings is 3. The first-order valence-electron chi connectivity index (χ1n) is 11.8. The third kappa shape index (κ3) is 5.48. The minimum absolute atomic E-state index is 0.196. The molecule has 3 rings (SSSR count). The molecule has 4 nitrogen and oxygen atoms in total. The second kappa shape index (κ2) is 10.2. The monoisotopic (exact) mass is 430 g/mol. The van der Waals surface area contributed by atoms with Gasteiger partial charge in [0.15, 0.2) is 0 Å².